The molecule has 0 aliphatic carbocycles. The molecule has 0 fully saturated rings. The highest BCUT2D eigenvalue weighted by Crippen LogP contribution is 2.36. The number of carbonyl (C=O) groups is 3. The Balaban J connectivity index is 0.00000385. The Morgan fingerprint density at radius 1 is 1.03 bits per heavy atom. The van der Waals surface area contributed by atoms with Crippen molar-refractivity contribution < 1.29 is 14.4 Å². The predicted octanol–water partition coefficient (Wildman–Crippen LogP) is 3.53. The molecule has 0 spiro atoms. The van der Waals surface area contributed by atoms with Crippen LogP contribution in [0.3, 0.4) is 0 Å². The number of benzene rings is 2. The van der Waals surface area contributed by atoms with E-state index in [1.165, 1.54) is 4.90 Å². The number of rotatable bonds is 7. The first kappa shape index (κ1) is 26.6. The Labute approximate surface area is 205 Å². The highest BCUT2D eigenvalue weighted by Gasteiger charge is 2.42. The third-order valence-electron chi connectivity index (χ3n) is 5.72. The molecule has 0 radical (unpaired) electrons. The molecule has 3 atom stereocenters. The summed E-state index contributed by atoms with van der Waals surface area (Å²) in [5.41, 5.74) is 2.15. The van der Waals surface area contributed by atoms with Crippen LogP contribution < -0.4 is 16.0 Å². The molecule has 7 nitrogen and oxygen atoms in total. The highest BCUT2D eigenvalue weighted by molar-refractivity contribution is 6.33. The summed E-state index contributed by atoms with van der Waals surface area (Å²) >= 11 is 6.22. The van der Waals surface area contributed by atoms with E-state index < -0.39 is 18.1 Å². The molecule has 2 aromatic rings. The first-order valence-corrected chi connectivity index (χ1v) is 11.0. The number of carbonyl (C=O) groups excluding carboxylic acids is 3. The predicted molar refractivity (Wildman–Crippen MR) is 132 cm³/mol. The van der Waals surface area contributed by atoms with Crippen molar-refractivity contribution in [3.8, 4) is 0 Å². The van der Waals surface area contributed by atoms with Crippen molar-refractivity contribution in [2.24, 2.45) is 5.92 Å². The van der Waals surface area contributed by atoms with Crippen molar-refractivity contribution >= 4 is 47.4 Å². The molecule has 0 bridgehead atoms. The minimum atomic E-state index is -0.824. The highest BCUT2D eigenvalue weighted by atomic mass is 35.5. The van der Waals surface area contributed by atoms with Crippen LogP contribution in [-0.2, 0) is 20.9 Å². The van der Waals surface area contributed by atoms with Gasteiger partial charge in [-0.2, -0.15) is 0 Å². The van der Waals surface area contributed by atoms with Gasteiger partial charge in [0.2, 0.25) is 11.8 Å². The van der Waals surface area contributed by atoms with E-state index in [1.807, 2.05) is 38.1 Å². The molecule has 9 heteroatoms. The van der Waals surface area contributed by atoms with Crippen LogP contribution in [0.1, 0.15) is 37.9 Å². The van der Waals surface area contributed by atoms with Crippen molar-refractivity contribution in [1.29, 1.82) is 0 Å². The van der Waals surface area contributed by atoms with Crippen LogP contribution in [0.2, 0.25) is 5.02 Å². The Kier molecular flexibility index (Phi) is 9.28. The zero-order chi connectivity index (χ0) is 23.4. The maximum Gasteiger partial charge on any atom is 0.251 e. The lowest BCUT2D eigenvalue weighted by molar-refractivity contribution is -0.143. The number of para-hydroxylation sites is 1. The minimum absolute atomic E-state index is 0. The summed E-state index contributed by atoms with van der Waals surface area (Å²) in [7, 11) is 1.68. The summed E-state index contributed by atoms with van der Waals surface area (Å²) in [6, 6.07) is 12.4. The first-order chi connectivity index (χ1) is 15.2. The number of hydrogen-bond donors (Lipinski definition) is 3. The van der Waals surface area contributed by atoms with Gasteiger partial charge in [-0.15, -0.1) is 12.4 Å². The number of amides is 3. The molecular weight excluding hydrogens is 463 g/mol. The molecule has 0 saturated carbocycles. The molecule has 0 unspecified atom stereocenters. The van der Waals surface area contributed by atoms with Gasteiger partial charge in [0.15, 0.2) is 0 Å². The van der Waals surface area contributed by atoms with E-state index in [1.54, 1.807) is 38.2 Å². The molecule has 2 aromatic carbocycles. The Morgan fingerprint density at radius 3 is 2.30 bits per heavy atom. The number of anilines is 1. The minimum Gasteiger partial charge on any atom is -0.343 e. The molecule has 3 N–H and O–H groups in total. The summed E-state index contributed by atoms with van der Waals surface area (Å²) in [5, 5.41) is 8.99. The molecule has 1 aliphatic heterocycles. The third kappa shape index (κ3) is 5.85. The number of fused-ring (bicyclic) bond motifs is 1. The normalized spacial score (nSPS) is 16.4. The van der Waals surface area contributed by atoms with Crippen LogP contribution in [0.25, 0.3) is 0 Å². The van der Waals surface area contributed by atoms with Crippen molar-refractivity contribution in [3.63, 3.8) is 0 Å². The molecule has 0 saturated heterocycles. The van der Waals surface area contributed by atoms with Gasteiger partial charge in [0.1, 0.15) is 12.1 Å². The van der Waals surface area contributed by atoms with Gasteiger partial charge in [-0.3, -0.25) is 14.4 Å². The molecule has 1 aliphatic rings. The third-order valence-corrected chi connectivity index (χ3v) is 6.05. The van der Waals surface area contributed by atoms with Crippen LogP contribution in [0.15, 0.2) is 48.5 Å². The molecule has 0 aromatic heterocycles. The van der Waals surface area contributed by atoms with Crippen molar-refractivity contribution in [1.82, 2.24) is 15.5 Å². The summed E-state index contributed by atoms with van der Waals surface area (Å²) in [4.78, 5) is 41.0. The van der Waals surface area contributed by atoms with Gasteiger partial charge in [-0.25, -0.2) is 0 Å². The lowest BCUT2D eigenvalue weighted by Crippen LogP contribution is -2.55. The van der Waals surface area contributed by atoms with E-state index in [0.717, 1.165) is 11.1 Å². The molecular formula is C24H30Cl2N4O3. The van der Waals surface area contributed by atoms with Gasteiger partial charge in [0.25, 0.3) is 5.91 Å². The molecule has 3 amide bonds. The SMILES string of the molecule is CN[C@@H](C)C(=O)N[C@H](C(=O)N1Cc2ccccc2[C@H]1C(=O)Nc1ccccc1Cl)C(C)C.Cl. The zero-order valence-electron chi connectivity index (χ0n) is 19.1. The van der Waals surface area contributed by atoms with Gasteiger partial charge >= 0.3 is 0 Å². The molecule has 178 valence electrons. The van der Waals surface area contributed by atoms with E-state index in [0.29, 0.717) is 10.7 Å². The van der Waals surface area contributed by atoms with Crippen LogP contribution in [0.4, 0.5) is 5.69 Å². The monoisotopic (exact) mass is 492 g/mol. The second-order valence-electron chi connectivity index (χ2n) is 8.28. The van der Waals surface area contributed by atoms with Gasteiger partial charge in [-0.1, -0.05) is 61.8 Å². The molecule has 3 rings (SSSR count). The number of likely N-dealkylation sites (N-methyl/N-ethyl adjacent to an activating group) is 1. The smallest absolute Gasteiger partial charge is 0.251 e. The fourth-order valence-electron chi connectivity index (χ4n) is 3.74. The van der Waals surface area contributed by atoms with Gasteiger partial charge < -0.3 is 20.9 Å². The van der Waals surface area contributed by atoms with Crippen molar-refractivity contribution in [2.75, 3.05) is 12.4 Å². The number of hydrogen-bond acceptors (Lipinski definition) is 4. The maximum absolute atomic E-state index is 13.6. The Hall–Kier alpha value is -2.61. The van der Waals surface area contributed by atoms with Crippen LogP contribution in [-0.4, -0.2) is 41.8 Å². The van der Waals surface area contributed by atoms with Crippen LogP contribution in [0.5, 0.6) is 0 Å². The van der Waals surface area contributed by atoms with Gasteiger partial charge in [0, 0.05) is 6.54 Å². The fourth-order valence-corrected chi connectivity index (χ4v) is 3.92. The second kappa shape index (κ2) is 11.5. The zero-order valence-corrected chi connectivity index (χ0v) is 20.7. The van der Waals surface area contributed by atoms with Crippen LogP contribution in [0, 0.1) is 5.92 Å². The summed E-state index contributed by atoms with van der Waals surface area (Å²) in [5.74, 6) is -1.08. The topological polar surface area (TPSA) is 90.5 Å². The van der Waals surface area contributed by atoms with Gasteiger partial charge in [0.05, 0.1) is 16.8 Å². The van der Waals surface area contributed by atoms with E-state index >= 15 is 0 Å². The number of nitrogens with one attached hydrogen (secondary N) is 3. The lowest BCUT2D eigenvalue weighted by Gasteiger charge is -2.31. The maximum atomic E-state index is 13.6. The van der Waals surface area contributed by atoms with E-state index in [-0.39, 0.29) is 42.6 Å². The Bertz CT molecular complexity index is 1010. The molecule has 33 heavy (non-hydrogen) atoms. The van der Waals surface area contributed by atoms with E-state index in [9.17, 15) is 14.4 Å². The van der Waals surface area contributed by atoms with Crippen LogP contribution >= 0.6 is 24.0 Å². The van der Waals surface area contributed by atoms with Crippen molar-refractivity contribution in [2.45, 2.75) is 45.4 Å². The number of nitrogens with zero attached hydrogens (tertiary/aromatic N) is 1. The lowest BCUT2D eigenvalue weighted by atomic mass is 10.0. The summed E-state index contributed by atoms with van der Waals surface area (Å²) < 4.78 is 0. The second-order valence-corrected chi connectivity index (χ2v) is 8.68. The average Bonchev–Trinajstić information content (AvgIpc) is 3.17. The van der Waals surface area contributed by atoms with E-state index in [4.69, 9.17) is 11.6 Å². The molecule has 1 heterocycles. The van der Waals surface area contributed by atoms with Gasteiger partial charge in [-0.05, 0) is 43.1 Å². The average molecular weight is 493 g/mol. The van der Waals surface area contributed by atoms with E-state index in [2.05, 4.69) is 16.0 Å². The number of halogens is 2. The standard InChI is InChI=1S/C24H29ClN4O3.ClH/c1-14(2)20(28-22(30)15(3)26-4)24(32)29-13-16-9-5-6-10-17(16)21(29)23(31)27-19-12-8-7-11-18(19)25;/h5-12,14-15,20-21,26H,13H2,1-4H3,(H,27,31)(H,28,30);1H/t15-,20-,21-;/m0./s1. The Morgan fingerprint density at radius 2 is 1.67 bits per heavy atom. The largest absolute Gasteiger partial charge is 0.343 e. The first-order valence-electron chi connectivity index (χ1n) is 10.7. The summed E-state index contributed by atoms with van der Waals surface area (Å²) in [6.07, 6.45) is 0. The fraction of sp³-hybridized carbons (Fsp3) is 0.375. The van der Waals surface area contributed by atoms with Crippen molar-refractivity contribution in [3.05, 3.63) is 64.7 Å². The summed E-state index contributed by atoms with van der Waals surface area (Å²) in [6.45, 7) is 5.75. The quantitative estimate of drug-likeness (QED) is 0.551.